The smallest absolute Gasteiger partial charge is 0.418 e. The van der Waals surface area contributed by atoms with E-state index in [1.165, 1.54) is 0 Å². The van der Waals surface area contributed by atoms with Crippen molar-refractivity contribution in [3.05, 3.63) is 35.9 Å². The van der Waals surface area contributed by atoms with Crippen LogP contribution in [0.1, 0.15) is 9.99 Å². The number of rotatable bonds is 1. The Labute approximate surface area is 89.6 Å². The maximum absolute atomic E-state index is 9.75. The van der Waals surface area contributed by atoms with Crippen molar-refractivity contribution >= 4 is 13.2 Å². The molecule has 7 heteroatoms. The fraction of sp³-hybridized carbons (Fsp3) is 0.222. The molecule has 2 nitrogen and oxygen atoms in total. The summed E-state index contributed by atoms with van der Waals surface area (Å²) in [6, 6.07) is 9.85. The lowest BCUT2D eigenvalue weighted by Gasteiger charge is -1.94. The minimum atomic E-state index is -6.00. The maximum atomic E-state index is 9.75. The Bertz CT molecular complexity index is 344. The Balaban J connectivity index is 0.000000221. The largest absolute Gasteiger partial charge is 0.673 e. The van der Waals surface area contributed by atoms with Crippen molar-refractivity contribution in [2.45, 2.75) is 0 Å². The summed E-state index contributed by atoms with van der Waals surface area (Å²) in [6.45, 7) is 1.34. The van der Waals surface area contributed by atoms with Crippen LogP contribution < -0.4 is 0 Å². The molecule has 1 aromatic carbocycles. The lowest BCUT2D eigenvalue weighted by Crippen LogP contribution is -2.02. The van der Waals surface area contributed by atoms with Crippen LogP contribution >= 0.6 is 0 Å². The molecule has 0 radical (unpaired) electrons. The fourth-order valence-electron chi connectivity index (χ4n) is 1.05. The first-order valence-corrected chi connectivity index (χ1v) is 4.52. The van der Waals surface area contributed by atoms with Crippen LogP contribution in [0, 0.1) is 0 Å². The highest BCUT2D eigenvalue weighted by Gasteiger charge is 2.23. The van der Waals surface area contributed by atoms with Crippen LogP contribution in [0.25, 0.3) is 0 Å². The standard InChI is InChI=1S/C9H9O2.BF4/c1-2-4-8(5-3-1)9-10-6-7-11-9;2-1(3,4)5/h1-5H,6-7H2;/q+1;-1. The SMILES string of the molecule is F[B-](F)(F)F.c1ccc(C2=[O+]CCO2)cc1. The molecular weight excluding hydrogens is 227 g/mol. The molecule has 0 saturated heterocycles. The molecule has 0 bridgehead atoms. The molecule has 1 aromatic rings. The van der Waals surface area contributed by atoms with Gasteiger partial charge in [-0.15, -0.1) is 0 Å². The molecule has 0 spiro atoms. The summed E-state index contributed by atoms with van der Waals surface area (Å²) in [5, 5.41) is 0. The summed E-state index contributed by atoms with van der Waals surface area (Å²) in [4.78, 5) is 0. The van der Waals surface area contributed by atoms with Gasteiger partial charge in [0.15, 0.2) is 0 Å². The molecule has 0 fully saturated rings. The van der Waals surface area contributed by atoms with Crippen LogP contribution in [0.5, 0.6) is 0 Å². The number of esters is 1. The van der Waals surface area contributed by atoms with Crippen molar-refractivity contribution in [2.75, 3.05) is 13.2 Å². The molecule has 2 rings (SSSR count). The van der Waals surface area contributed by atoms with E-state index in [9.17, 15) is 17.3 Å². The van der Waals surface area contributed by atoms with E-state index in [4.69, 9.17) is 9.16 Å². The predicted octanol–water partition coefficient (Wildman–Crippen LogP) is 2.69. The van der Waals surface area contributed by atoms with Crippen LogP contribution in [0.15, 0.2) is 30.3 Å². The van der Waals surface area contributed by atoms with Gasteiger partial charge in [-0.3, -0.25) is 0 Å². The zero-order valence-electron chi connectivity index (χ0n) is 8.21. The summed E-state index contributed by atoms with van der Waals surface area (Å²) >= 11 is 0. The molecule has 1 heterocycles. The second kappa shape index (κ2) is 5.53. The van der Waals surface area contributed by atoms with Crippen LogP contribution in [0.3, 0.4) is 0 Å². The number of hydrogen-bond acceptors (Lipinski definition) is 1. The monoisotopic (exact) mass is 236 g/mol. The zero-order chi connectivity index (χ0) is 12.0. The molecule has 0 saturated carbocycles. The first-order valence-electron chi connectivity index (χ1n) is 4.52. The van der Waals surface area contributed by atoms with Gasteiger partial charge in [-0.25, -0.2) is 0 Å². The van der Waals surface area contributed by atoms with Gasteiger partial charge in [-0.2, -0.15) is 0 Å². The van der Waals surface area contributed by atoms with E-state index in [1.54, 1.807) is 0 Å². The maximum Gasteiger partial charge on any atom is 0.673 e. The van der Waals surface area contributed by atoms with Gasteiger partial charge in [0, 0.05) is 0 Å². The number of halogens is 4. The van der Waals surface area contributed by atoms with E-state index in [0.717, 1.165) is 5.56 Å². The average molecular weight is 236 g/mol. The molecule has 0 atom stereocenters. The first-order chi connectivity index (χ1) is 7.47. The van der Waals surface area contributed by atoms with E-state index in [1.807, 2.05) is 30.3 Å². The molecule has 0 amide bonds. The molecule has 0 unspecified atom stereocenters. The molecule has 16 heavy (non-hydrogen) atoms. The second-order valence-corrected chi connectivity index (χ2v) is 2.85. The van der Waals surface area contributed by atoms with Crippen molar-refractivity contribution in [3.8, 4) is 0 Å². The van der Waals surface area contributed by atoms with Gasteiger partial charge in [0.2, 0.25) is 13.2 Å². The van der Waals surface area contributed by atoms with E-state index < -0.39 is 7.25 Å². The van der Waals surface area contributed by atoms with Crippen molar-refractivity contribution in [1.82, 2.24) is 0 Å². The fourth-order valence-corrected chi connectivity index (χ4v) is 1.05. The minimum Gasteiger partial charge on any atom is -0.418 e. The summed E-state index contributed by atoms with van der Waals surface area (Å²) in [6.07, 6.45) is 0. The van der Waals surface area contributed by atoms with E-state index >= 15 is 0 Å². The van der Waals surface area contributed by atoms with E-state index in [-0.39, 0.29) is 0 Å². The third-order valence-electron chi connectivity index (χ3n) is 1.56. The Hall–Kier alpha value is -1.53. The normalized spacial score (nSPS) is 14.6. The molecule has 0 N–H and O–H groups in total. The van der Waals surface area contributed by atoms with Gasteiger partial charge in [0.05, 0.1) is 0 Å². The van der Waals surface area contributed by atoms with Crippen molar-refractivity contribution in [1.29, 1.82) is 0 Å². The number of benzene rings is 1. The van der Waals surface area contributed by atoms with Crippen molar-refractivity contribution < 1.29 is 26.4 Å². The Kier molecular flexibility index (Phi) is 4.33. The average Bonchev–Trinajstić information content (AvgIpc) is 2.69. The highest BCUT2D eigenvalue weighted by molar-refractivity contribution is 6.50. The number of ether oxygens (including phenoxy) is 1. The summed E-state index contributed by atoms with van der Waals surface area (Å²) in [5.41, 5.74) is 1.02. The van der Waals surface area contributed by atoms with Gasteiger partial charge in [0.25, 0.3) is 0 Å². The van der Waals surface area contributed by atoms with E-state index in [0.29, 0.717) is 19.2 Å². The Morgan fingerprint density at radius 2 is 1.62 bits per heavy atom. The van der Waals surface area contributed by atoms with Gasteiger partial charge >= 0.3 is 13.2 Å². The predicted molar refractivity (Wildman–Crippen MR) is 51.8 cm³/mol. The molecule has 0 aliphatic carbocycles. The first kappa shape index (κ1) is 12.5. The second-order valence-electron chi connectivity index (χ2n) is 2.85. The number of carbonyl (C=O) groups excluding carboxylic acids is 1. The molecule has 0 aromatic heterocycles. The van der Waals surface area contributed by atoms with Crippen molar-refractivity contribution in [2.24, 2.45) is 0 Å². The van der Waals surface area contributed by atoms with E-state index in [2.05, 4.69) is 0 Å². The third kappa shape index (κ3) is 5.38. The van der Waals surface area contributed by atoms with Crippen LogP contribution in [-0.2, 0) is 4.74 Å². The molecule has 1 aliphatic rings. The highest BCUT2D eigenvalue weighted by atomic mass is 19.5. The van der Waals surface area contributed by atoms with Crippen LogP contribution in [0.4, 0.5) is 17.3 Å². The summed E-state index contributed by atoms with van der Waals surface area (Å²) < 4.78 is 49.5. The van der Waals surface area contributed by atoms with Gasteiger partial charge < -0.3 is 26.4 Å². The van der Waals surface area contributed by atoms with Crippen LogP contribution in [-0.4, -0.2) is 26.4 Å². The summed E-state index contributed by atoms with van der Waals surface area (Å²) in [5.74, 6) is 0.658. The Morgan fingerprint density at radius 3 is 2.06 bits per heavy atom. The topological polar surface area (TPSA) is 20.5 Å². The Morgan fingerprint density at radius 1 is 1.06 bits per heavy atom. The quantitative estimate of drug-likeness (QED) is 0.317. The van der Waals surface area contributed by atoms with Gasteiger partial charge in [-0.05, 0) is 12.1 Å². The van der Waals surface area contributed by atoms with Gasteiger partial charge in [0.1, 0.15) is 5.56 Å². The molecular formula is C9H9BF4O2. The number of cyclic esters (lactones) is 1. The molecule has 88 valence electrons. The molecule has 1 aliphatic heterocycles. The minimum absolute atomic E-state index is 0.658. The lowest BCUT2D eigenvalue weighted by atomic mass is 10.2. The van der Waals surface area contributed by atoms with Crippen molar-refractivity contribution in [3.63, 3.8) is 0 Å². The zero-order valence-corrected chi connectivity index (χ0v) is 8.21. The highest BCUT2D eigenvalue weighted by Crippen LogP contribution is 2.06. The van der Waals surface area contributed by atoms with Crippen LogP contribution in [0.2, 0.25) is 0 Å². The third-order valence-corrected chi connectivity index (χ3v) is 1.56. The van der Waals surface area contributed by atoms with Gasteiger partial charge in [-0.1, -0.05) is 18.2 Å². The lowest BCUT2D eigenvalue weighted by molar-refractivity contribution is -0.253. The summed E-state index contributed by atoms with van der Waals surface area (Å²) in [7, 11) is -6.00. The number of hydrogen-bond donors (Lipinski definition) is 0.